The van der Waals surface area contributed by atoms with Crippen molar-refractivity contribution in [2.24, 2.45) is 0 Å². The van der Waals surface area contributed by atoms with E-state index in [-0.39, 0.29) is 0 Å². The number of fused-ring (bicyclic) bond motifs is 11. The summed E-state index contributed by atoms with van der Waals surface area (Å²) in [6, 6.07) is 75.7. The lowest BCUT2D eigenvalue weighted by Gasteiger charge is -2.13. The summed E-state index contributed by atoms with van der Waals surface area (Å²) in [5.74, 6) is 0. The highest BCUT2D eigenvalue weighted by atomic mass is 15.0. The summed E-state index contributed by atoms with van der Waals surface area (Å²) in [5, 5.41) is 12.6. The Hall–Kier alpha value is -7.42. The second-order valence-electron chi connectivity index (χ2n) is 14.9. The molecular formula is C54H34N2. The molecule has 2 heterocycles. The van der Waals surface area contributed by atoms with Gasteiger partial charge in [-0.2, -0.15) is 0 Å². The lowest BCUT2D eigenvalue weighted by Crippen LogP contribution is -1.94. The van der Waals surface area contributed by atoms with Gasteiger partial charge in [-0.05, 0) is 92.3 Å². The molecule has 0 saturated heterocycles. The molecular weight excluding hydrogens is 677 g/mol. The van der Waals surface area contributed by atoms with E-state index in [1.807, 2.05) is 0 Å². The van der Waals surface area contributed by atoms with Gasteiger partial charge in [0.15, 0.2) is 0 Å². The van der Waals surface area contributed by atoms with Gasteiger partial charge in [0.2, 0.25) is 0 Å². The van der Waals surface area contributed by atoms with Crippen molar-refractivity contribution in [3.8, 4) is 33.6 Å². The molecule has 0 radical (unpaired) electrons. The fourth-order valence-corrected chi connectivity index (χ4v) is 9.39. The molecule has 0 fully saturated rings. The Balaban J connectivity index is 1.06. The minimum Gasteiger partial charge on any atom is -0.309 e. The second kappa shape index (κ2) is 12.0. The molecule has 56 heavy (non-hydrogen) atoms. The van der Waals surface area contributed by atoms with Gasteiger partial charge in [-0.1, -0.05) is 158 Å². The third-order valence-corrected chi connectivity index (χ3v) is 11.9. The number of hydrogen-bond acceptors (Lipinski definition) is 0. The smallest absolute Gasteiger partial charge is 0.0619 e. The first-order chi connectivity index (χ1) is 27.8. The quantitative estimate of drug-likeness (QED) is 0.172. The van der Waals surface area contributed by atoms with Crippen molar-refractivity contribution in [2.75, 3.05) is 0 Å². The Morgan fingerprint density at radius 2 is 0.643 bits per heavy atom. The lowest BCUT2D eigenvalue weighted by molar-refractivity contribution is 1.19. The molecule has 260 valence electrons. The van der Waals surface area contributed by atoms with Crippen molar-refractivity contribution in [3.63, 3.8) is 0 Å². The van der Waals surface area contributed by atoms with Gasteiger partial charge in [0.1, 0.15) is 0 Å². The van der Waals surface area contributed by atoms with Crippen LogP contribution in [0.1, 0.15) is 0 Å². The predicted molar refractivity (Wildman–Crippen MR) is 239 cm³/mol. The fourth-order valence-electron chi connectivity index (χ4n) is 9.39. The number of hydrogen-bond donors (Lipinski definition) is 0. The summed E-state index contributed by atoms with van der Waals surface area (Å²) in [5.41, 5.74) is 12.2. The zero-order chi connectivity index (χ0) is 36.7. The maximum atomic E-state index is 2.44. The van der Waals surface area contributed by atoms with Crippen molar-refractivity contribution < 1.29 is 0 Å². The van der Waals surface area contributed by atoms with Gasteiger partial charge in [-0.3, -0.25) is 0 Å². The maximum absolute atomic E-state index is 2.44. The molecule has 12 aromatic rings. The van der Waals surface area contributed by atoms with Crippen LogP contribution in [0, 0.1) is 0 Å². The number of para-hydroxylation sites is 2. The Morgan fingerprint density at radius 1 is 0.250 bits per heavy atom. The van der Waals surface area contributed by atoms with E-state index in [0.717, 1.165) is 0 Å². The van der Waals surface area contributed by atoms with Crippen molar-refractivity contribution in [1.29, 1.82) is 0 Å². The van der Waals surface area contributed by atoms with E-state index < -0.39 is 0 Å². The summed E-state index contributed by atoms with van der Waals surface area (Å²) >= 11 is 0. The van der Waals surface area contributed by atoms with Crippen LogP contribution in [0.15, 0.2) is 206 Å². The molecule has 0 saturated carbocycles. The van der Waals surface area contributed by atoms with Crippen LogP contribution in [0.4, 0.5) is 0 Å². The van der Waals surface area contributed by atoms with Gasteiger partial charge < -0.3 is 9.13 Å². The van der Waals surface area contributed by atoms with E-state index in [1.165, 1.54) is 110 Å². The van der Waals surface area contributed by atoms with Crippen molar-refractivity contribution in [2.45, 2.75) is 0 Å². The largest absolute Gasteiger partial charge is 0.309 e. The highest BCUT2D eigenvalue weighted by Crippen LogP contribution is 2.43. The van der Waals surface area contributed by atoms with Crippen molar-refractivity contribution >= 4 is 75.9 Å². The molecule has 10 aromatic carbocycles. The molecule has 0 atom stereocenters. The molecule has 0 aliphatic heterocycles. The van der Waals surface area contributed by atoms with E-state index in [9.17, 15) is 0 Å². The van der Waals surface area contributed by atoms with E-state index in [1.54, 1.807) is 0 Å². The van der Waals surface area contributed by atoms with Gasteiger partial charge in [0, 0.05) is 43.7 Å². The van der Waals surface area contributed by atoms with Gasteiger partial charge >= 0.3 is 0 Å². The van der Waals surface area contributed by atoms with Crippen molar-refractivity contribution in [3.05, 3.63) is 206 Å². The SMILES string of the molecule is c1ccc(-n2c3ccc(-c4ccc(-c5ccc6c(c5)c5ccc7ccccc7c5n6-c5ccccc5)c5ccccc45)cc3c3ccc4ccccc4c32)cc1. The Labute approximate surface area is 323 Å². The summed E-state index contributed by atoms with van der Waals surface area (Å²) in [4.78, 5) is 0. The average molecular weight is 711 g/mol. The summed E-state index contributed by atoms with van der Waals surface area (Å²) < 4.78 is 4.87. The molecule has 0 aliphatic carbocycles. The Kier molecular flexibility index (Phi) is 6.66. The van der Waals surface area contributed by atoms with E-state index in [4.69, 9.17) is 0 Å². The average Bonchev–Trinajstić information content (AvgIpc) is 3.79. The highest BCUT2D eigenvalue weighted by Gasteiger charge is 2.19. The van der Waals surface area contributed by atoms with Crippen LogP contribution in [0.5, 0.6) is 0 Å². The first-order valence-electron chi connectivity index (χ1n) is 19.4. The third-order valence-electron chi connectivity index (χ3n) is 11.9. The van der Waals surface area contributed by atoms with E-state index in [0.29, 0.717) is 0 Å². The van der Waals surface area contributed by atoms with Crippen molar-refractivity contribution in [1.82, 2.24) is 9.13 Å². The highest BCUT2D eigenvalue weighted by molar-refractivity contribution is 6.21. The van der Waals surface area contributed by atoms with Gasteiger partial charge in [0.05, 0.1) is 22.1 Å². The normalized spacial score (nSPS) is 11.9. The van der Waals surface area contributed by atoms with Gasteiger partial charge in [-0.25, -0.2) is 0 Å². The molecule has 0 bridgehead atoms. The Bertz CT molecular complexity index is 3280. The van der Waals surface area contributed by atoms with Crippen LogP contribution in [-0.2, 0) is 0 Å². The van der Waals surface area contributed by atoms with Crippen LogP contribution in [-0.4, -0.2) is 9.13 Å². The molecule has 12 rings (SSSR count). The minimum absolute atomic E-state index is 1.17. The van der Waals surface area contributed by atoms with Gasteiger partial charge in [0.25, 0.3) is 0 Å². The van der Waals surface area contributed by atoms with Crippen LogP contribution < -0.4 is 0 Å². The first-order valence-corrected chi connectivity index (χ1v) is 19.4. The molecule has 2 nitrogen and oxygen atoms in total. The summed E-state index contributed by atoms with van der Waals surface area (Å²) in [6.45, 7) is 0. The summed E-state index contributed by atoms with van der Waals surface area (Å²) in [6.07, 6.45) is 0. The molecule has 0 amide bonds. The van der Waals surface area contributed by atoms with Crippen LogP contribution in [0.25, 0.3) is 110 Å². The molecule has 0 spiro atoms. The summed E-state index contributed by atoms with van der Waals surface area (Å²) in [7, 11) is 0. The first kappa shape index (κ1) is 31.0. The number of rotatable bonds is 4. The third kappa shape index (κ3) is 4.50. The number of aromatic nitrogens is 2. The second-order valence-corrected chi connectivity index (χ2v) is 14.9. The lowest BCUT2D eigenvalue weighted by atomic mass is 9.91. The molecule has 0 unspecified atom stereocenters. The zero-order valence-corrected chi connectivity index (χ0v) is 30.5. The number of benzene rings is 10. The maximum Gasteiger partial charge on any atom is 0.0619 e. The molecule has 0 N–H and O–H groups in total. The predicted octanol–water partition coefficient (Wildman–Crippen LogP) is 14.7. The minimum atomic E-state index is 1.17. The van der Waals surface area contributed by atoms with Gasteiger partial charge in [-0.15, -0.1) is 0 Å². The van der Waals surface area contributed by atoms with Crippen LogP contribution >= 0.6 is 0 Å². The standard InChI is InChI=1S/C54H34N2/c1-3-15-39(16-4-1)55-51-31-25-37(33-49(51)47-27-23-35-13-7-9-19-43(35)53(47)55)41-29-30-42(46-22-12-11-21-45(41)46)38-26-32-52-50(34-38)48-28-24-36-14-8-10-20-44(36)54(48)56(52)40-17-5-2-6-18-40/h1-34H. The molecule has 2 heteroatoms. The Morgan fingerprint density at radius 3 is 1.09 bits per heavy atom. The van der Waals surface area contributed by atoms with Crippen LogP contribution in [0.2, 0.25) is 0 Å². The topological polar surface area (TPSA) is 9.86 Å². The molecule has 0 aliphatic rings. The fraction of sp³-hybridized carbons (Fsp3) is 0. The zero-order valence-electron chi connectivity index (χ0n) is 30.5. The molecule has 2 aromatic heterocycles. The van der Waals surface area contributed by atoms with E-state index in [2.05, 4.69) is 215 Å². The van der Waals surface area contributed by atoms with Crippen LogP contribution in [0.3, 0.4) is 0 Å². The van der Waals surface area contributed by atoms with E-state index >= 15 is 0 Å². The monoisotopic (exact) mass is 710 g/mol. The number of nitrogens with zero attached hydrogens (tertiary/aromatic N) is 2.